The van der Waals surface area contributed by atoms with Gasteiger partial charge in [-0.05, 0) is 190 Å². The second kappa shape index (κ2) is 21.1. The average Bonchev–Trinajstić information content (AvgIpc) is 4.04. The summed E-state index contributed by atoms with van der Waals surface area (Å²) in [7, 11) is 0. The molecule has 0 bridgehead atoms. The van der Waals surface area contributed by atoms with Crippen molar-refractivity contribution in [2.75, 3.05) is 19.6 Å². The third kappa shape index (κ3) is 9.51. The summed E-state index contributed by atoms with van der Waals surface area (Å²) in [6.07, 6.45) is 0. The first-order chi connectivity index (χ1) is 38.9. The quantitative estimate of drug-likeness (QED) is 0.108. The molecule has 0 aromatic heterocycles. The largest absolute Gasteiger partial charge is 0.311 e. The van der Waals surface area contributed by atoms with Crippen LogP contribution in [-0.2, 0) is 5.41 Å². The Morgan fingerprint density at radius 3 is 0.709 bits per heavy atom. The van der Waals surface area contributed by atoms with Crippen LogP contribution in [0.15, 0.2) is 315 Å². The predicted molar refractivity (Wildman–Crippen MR) is 334 cm³/mol. The first-order valence-electron chi connectivity index (χ1n) is 27.2. The van der Waals surface area contributed by atoms with Gasteiger partial charge in [0.25, 0.3) is 0 Å². The zero-order valence-corrected chi connectivity index (χ0v) is 44.3. The summed E-state index contributed by atoms with van der Waals surface area (Å²) in [5, 5.41) is 0. The Morgan fingerprint density at radius 2 is 0.405 bits per heavy atom. The first-order valence-corrected chi connectivity index (χ1v) is 27.2. The third-order valence-electron chi connectivity index (χ3n) is 15.4. The molecule has 0 aliphatic heterocycles. The van der Waals surface area contributed by atoms with E-state index in [0.29, 0.717) is 0 Å². The van der Waals surface area contributed by atoms with Crippen molar-refractivity contribution in [3.63, 3.8) is 0 Å². The van der Waals surface area contributed by atoms with E-state index in [1.165, 1.54) is 22.3 Å². The molecule has 12 aromatic rings. The first kappa shape index (κ1) is 48.5. The predicted octanol–water partition coefficient (Wildman–Crippen LogP) is 21.2. The second-order valence-corrected chi connectivity index (χ2v) is 20.6. The maximum Gasteiger partial charge on any atom is 0.0465 e. The van der Waals surface area contributed by atoms with E-state index in [4.69, 9.17) is 0 Å². The lowest BCUT2D eigenvalue weighted by atomic mass is 9.82. The molecule has 12 aromatic carbocycles. The van der Waals surface area contributed by atoms with Crippen molar-refractivity contribution in [2.45, 2.75) is 19.3 Å². The van der Waals surface area contributed by atoms with Crippen LogP contribution in [0, 0.1) is 0 Å². The van der Waals surface area contributed by atoms with Crippen LogP contribution in [0.2, 0.25) is 0 Å². The molecule has 0 heterocycles. The zero-order chi connectivity index (χ0) is 53.1. The monoisotopic (exact) mass is 1010 g/mol. The van der Waals surface area contributed by atoms with Crippen LogP contribution < -0.4 is 19.6 Å². The maximum atomic E-state index is 2.41. The van der Waals surface area contributed by atoms with E-state index in [9.17, 15) is 0 Å². The molecular weight excluding hydrogens is 957 g/mol. The summed E-state index contributed by atoms with van der Waals surface area (Å²) in [6.45, 7) is 4.70. The lowest BCUT2D eigenvalue weighted by Gasteiger charge is -2.29. The zero-order valence-electron chi connectivity index (χ0n) is 44.3. The fourth-order valence-electron chi connectivity index (χ4n) is 11.5. The normalized spacial score (nSPS) is 12.0. The highest BCUT2D eigenvalue weighted by Crippen LogP contribution is 2.51. The topological polar surface area (TPSA) is 13.0 Å². The van der Waals surface area contributed by atoms with Crippen molar-refractivity contribution in [3.05, 3.63) is 327 Å². The Hall–Kier alpha value is -10.2. The minimum Gasteiger partial charge on any atom is -0.311 e. The maximum absolute atomic E-state index is 2.41. The van der Waals surface area contributed by atoms with E-state index in [0.717, 1.165) is 90.5 Å². The molecule has 13 rings (SSSR count). The highest BCUT2D eigenvalue weighted by Gasteiger charge is 2.36. The highest BCUT2D eigenvalue weighted by molar-refractivity contribution is 5.88. The molecule has 4 heteroatoms. The molecule has 79 heavy (non-hydrogen) atoms. The lowest BCUT2D eigenvalue weighted by Crippen LogP contribution is -2.16. The molecule has 1 aliphatic rings. The summed E-state index contributed by atoms with van der Waals surface area (Å²) >= 11 is 0. The molecule has 1 aliphatic carbocycles. The van der Waals surface area contributed by atoms with Gasteiger partial charge in [-0.3, -0.25) is 0 Å². The van der Waals surface area contributed by atoms with Gasteiger partial charge in [-0.15, -0.1) is 0 Å². The molecular formula is C75H58N4. The number of rotatable bonds is 14. The molecule has 0 N–H and O–H groups in total. The van der Waals surface area contributed by atoms with Crippen molar-refractivity contribution in [1.29, 1.82) is 0 Å². The molecule has 0 saturated heterocycles. The van der Waals surface area contributed by atoms with Gasteiger partial charge in [0.15, 0.2) is 0 Å². The van der Waals surface area contributed by atoms with E-state index in [-0.39, 0.29) is 5.41 Å². The van der Waals surface area contributed by atoms with E-state index in [1.807, 2.05) is 0 Å². The number of benzene rings is 12. The van der Waals surface area contributed by atoms with E-state index < -0.39 is 0 Å². The van der Waals surface area contributed by atoms with Gasteiger partial charge >= 0.3 is 0 Å². The number of hydrogen-bond acceptors (Lipinski definition) is 4. The van der Waals surface area contributed by atoms with Gasteiger partial charge in [-0.1, -0.05) is 184 Å². The van der Waals surface area contributed by atoms with E-state index in [2.05, 4.69) is 349 Å². The van der Waals surface area contributed by atoms with Crippen molar-refractivity contribution >= 4 is 68.2 Å². The average molecular weight is 1020 g/mol. The van der Waals surface area contributed by atoms with E-state index >= 15 is 0 Å². The fourth-order valence-corrected chi connectivity index (χ4v) is 11.5. The Morgan fingerprint density at radius 1 is 0.190 bits per heavy atom. The number of fused-ring (bicyclic) bond motifs is 3. The van der Waals surface area contributed by atoms with Crippen LogP contribution in [0.5, 0.6) is 0 Å². The summed E-state index contributed by atoms with van der Waals surface area (Å²) in [5.41, 5.74) is 23.0. The smallest absolute Gasteiger partial charge is 0.0465 e. The molecule has 0 atom stereocenters. The van der Waals surface area contributed by atoms with Gasteiger partial charge in [0.1, 0.15) is 0 Å². The van der Waals surface area contributed by atoms with Gasteiger partial charge in [-0.25, -0.2) is 0 Å². The van der Waals surface area contributed by atoms with Crippen LogP contribution >= 0.6 is 0 Å². The summed E-state index contributed by atoms with van der Waals surface area (Å²) < 4.78 is 0. The van der Waals surface area contributed by atoms with Crippen LogP contribution in [0.3, 0.4) is 0 Å². The molecule has 0 spiro atoms. The Labute approximate surface area is 464 Å². The Balaban J connectivity index is 0.798. The SMILES string of the molecule is CC1(C)c2ccccc2-c2ccc(N(c3ccc(-c4ccc(N(c5ccccc5)c5ccc(-c6ccc(N(c7ccccc7)c7ccccc7)cc6)cc5)cc4)cc3)c3ccc(N(c4ccccc4)c4ccccc4)cc3)cc21. The lowest BCUT2D eigenvalue weighted by molar-refractivity contribution is 0.660. The summed E-state index contributed by atoms with van der Waals surface area (Å²) in [4.78, 5) is 9.33. The third-order valence-corrected chi connectivity index (χ3v) is 15.4. The summed E-state index contributed by atoms with van der Waals surface area (Å²) in [6, 6.07) is 114. The van der Waals surface area contributed by atoms with Gasteiger partial charge in [0.05, 0.1) is 0 Å². The van der Waals surface area contributed by atoms with Gasteiger partial charge in [0, 0.05) is 73.7 Å². The van der Waals surface area contributed by atoms with Crippen molar-refractivity contribution in [1.82, 2.24) is 0 Å². The Kier molecular flexibility index (Phi) is 13.0. The van der Waals surface area contributed by atoms with Crippen LogP contribution in [-0.4, -0.2) is 0 Å². The number of hydrogen-bond donors (Lipinski definition) is 0. The van der Waals surface area contributed by atoms with Gasteiger partial charge < -0.3 is 19.6 Å². The molecule has 0 saturated carbocycles. The minimum atomic E-state index is -0.137. The molecule has 0 amide bonds. The van der Waals surface area contributed by atoms with Crippen LogP contribution in [0.25, 0.3) is 33.4 Å². The summed E-state index contributed by atoms with van der Waals surface area (Å²) in [5.74, 6) is 0. The number of para-hydroxylation sites is 5. The van der Waals surface area contributed by atoms with Crippen molar-refractivity contribution < 1.29 is 0 Å². The van der Waals surface area contributed by atoms with Gasteiger partial charge in [0.2, 0.25) is 0 Å². The molecule has 0 fully saturated rings. The minimum absolute atomic E-state index is 0.137. The second-order valence-electron chi connectivity index (χ2n) is 20.6. The number of nitrogens with zero attached hydrogens (tertiary/aromatic N) is 4. The molecule has 0 unspecified atom stereocenters. The highest BCUT2D eigenvalue weighted by atomic mass is 15.2. The van der Waals surface area contributed by atoms with E-state index in [1.54, 1.807) is 0 Å². The van der Waals surface area contributed by atoms with Crippen LogP contribution in [0.4, 0.5) is 68.2 Å². The van der Waals surface area contributed by atoms with Crippen LogP contribution in [0.1, 0.15) is 25.0 Å². The Bertz CT molecular complexity index is 3900. The molecule has 378 valence electrons. The van der Waals surface area contributed by atoms with Crippen molar-refractivity contribution in [3.8, 4) is 33.4 Å². The standard InChI is InChI=1S/C75H58N4/c1-75(2)73-31-19-18-30-71(73)72-53-52-70(54-74(72)75)79(69-50-48-68(49-51-69)77(61-24-12-5-13-25-61)62-26-14-6-15-27-62)67-46-38-58(39-47-67)57-36-44-66(45-37-57)78(63-28-16-7-17-29-63)65-42-34-56(35-43-65)55-32-40-64(41-33-55)76(59-20-8-3-9-21-59)60-22-10-4-11-23-60/h3-54H,1-2H3. The fraction of sp³-hybridized carbons (Fsp3) is 0.0400. The van der Waals surface area contributed by atoms with Gasteiger partial charge in [-0.2, -0.15) is 0 Å². The number of anilines is 12. The molecule has 0 radical (unpaired) electrons. The van der Waals surface area contributed by atoms with Crippen molar-refractivity contribution in [2.24, 2.45) is 0 Å². The molecule has 4 nitrogen and oxygen atoms in total.